The highest BCUT2D eigenvalue weighted by molar-refractivity contribution is 7.86. The maximum Gasteiger partial charge on any atom is 0.306 e. The van der Waals surface area contributed by atoms with Crippen molar-refractivity contribution in [3.63, 3.8) is 0 Å². The van der Waals surface area contributed by atoms with Crippen LogP contribution < -0.4 is 4.18 Å². The molecule has 1 aromatic carbocycles. The molecule has 3 nitrogen and oxygen atoms in total. The molecule has 0 aromatic heterocycles. The smallest absolute Gasteiger partial charge is 0.306 e. The lowest BCUT2D eigenvalue weighted by molar-refractivity contribution is 0.466. The molecule has 0 saturated heterocycles. The van der Waals surface area contributed by atoms with E-state index in [1.165, 1.54) is 12.1 Å². The molecule has 1 rings (SSSR count). The zero-order valence-corrected chi connectivity index (χ0v) is 7.06. The second kappa shape index (κ2) is 3.10. The van der Waals surface area contributed by atoms with Gasteiger partial charge in [0.25, 0.3) is 0 Å². The first-order valence-corrected chi connectivity index (χ1v) is 4.86. The fourth-order valence-corrected chi connectivity index (χ4v) is 1.05. The monoisotopic (exact) mass is 189 g/mol. The fourth-order valence-electron chi connectivity index (χ4n) is 0.616. The standard InChI is InChI=1S/C7H6FO3S/c1-12(9,10)11-7-5-3-2-4-6(7)8/h2-4H,1H3. The minimum Gasteiger partial charge on any atom is -0.379 e. The van der Waals surface area contributed by atoms with Gasteiger partial charge in [-0.05, 0) is 6.07 Å². The topological polar surface area (TPSA) is 43.4 Å². The molecule has 0 heterocycles. The van der Waals surface area contributed by atoms with E-state index in [0.717, 1.165) is 12.3 Å². The van der Waals surface area contributed by atoms with Crippen LogP contribution in [0.25, 0.3) is 0 Å². The predicted octanol–water partition coefficient (Wildman–Crippen LogP) is 0.964. The molecular formula is C7H6FO3S. The molecule has 12 heavy (non-hydrogen) atoms. The molecule has 0 N–H and O–H groups in total. The molecule has 0 fully saturated rings. The molecule has 1 aromatic rings. The van der Waals surface area contributed by atoms with E-state index < -0.39 is 21.7 Å². The van der Waals surface area contributed by atoms with Crippen LogP contribution in [0.5, 0.6) is 5.75 Å². The average Bonchev–Trinajstić information content (AvgIpc) is 1.91. The molecule has 0 saturated carbocycles. The van der Waals surface area contributed by atoms with Crippen LogP contribution >= 0.6 is 0 Å². The predicted molar refractivity (Wildman–Crippen MR) is 40.7 cm³/mol. The Kier molecular flexibility index (Phi) is 2.32. The first-order chi connectivity index (χ1) is 5.49. The summed E-state index contributed by atoms with van der Waals surface area (Å²) in [6.45, 7) is 0. The van der Waals surface area contributed by atoms with Gasteiger partial charge in [-0.2, -0.15) is 8.42 Å². The Balaban J connectivity index is 2.98. The van der Waals surface area contributed by atoms with Gasteiger partial charge >= 0.3 is 10.1 Å². The van der Waals surface area contributed by atoms with Gasteiger partial charge in [-0.25, -0.2) is 4.39 Å². The van der Waals surface area contributed by atoms with E-state index in [1.54, 1.807) is 0 Å². The van der Waals surface area contributed by atoms with Gasteiger partial charge in [0.05, 0.1) is 6.26 Å². The Labute approximate surface area is 69.9 Å². The van der Waals surface area contributed by atoms with Crippen LogP contribution in [-0.4, -0.2) is 14.7 Å². The minimum atomic E-state index is -3.67. The van der Waals surface area contributed by atoms with Gasteiger partial charge in [0.2, 0.25) is 0 Å². The van der Waals surface area contributed by atoms with Crippen LogP contribution in [0.4, 0.5) is 4.39 Å². The molecule has 0 bridgehead atoms. The van der Waals surface area contributed by atoms with Gasteiger partial charge in [0.1, 0.15) is 0 Å². The number of hydrogen-bond donors (Lipinski definition) is 0. The summed E-state index contributed by atoms with van der Waals surface area (Å²) < 4.78 is 38.1. The summed E-state index contributed by atoms with van der Waals surface area (Å²) in [5.41, 5.74) is 0. The lowest BCUT2D eigenvalue weighted by Crippen LogP contribution is -2.06. The highest BCUT2D eigenvalue weighted by Gasteiger charge is 2.08. The van der Waals surface area contributed by atoms with Crippen molar-refractivity contribution in [1.82, 2.24) is 0 Å². The van der Waals surface area contributed by atoms with E-state index in [1.807, 2.05) is 0 Å². The summed E-state index contributed by atoms with van der Waals surface area (Å²) in [7, 11) is -3.67. The molecule has 0 aliphatic carbocycles. The van der Waals surface area contributed by atoms with Crippen LogP contribution in [0.2, 0.25) is 0 Å². The van der Waals surface area contributed by atoms with Gasteiger partial charge in [-0.1, -0.05) is 12.1 Å². The van der Waals surface area contributed by atoms with Gasteiger partial charge in [-0.15, -0.1) is 0 Å². The van der Waals surface area contributed by atoms with Crippen molar-refractivity contribution >= 4 is 10.1 Å². The number of rotatable bonds is 2. The van der Waals surface area contributed by atoms with Crippen molar-refractivity contribution in [2.75, 3.05) is 6.26 Å². The number of halogens is 1. The first-order valence-electron chi connectivity index (χ1n) is 3.05. The fraction of sp³-hybridized carbons (Fsp3) is 0.143. The summed E-state index contributed by atoms with van der Waals surface area (Å²) in [6.07, 6.45) is 0.841. The summed E-state index contributed by atoms with van der Waals surface area (Å²) in [5, 5.41) is 0. The van der Waals surface area contributed by atoms with E-state index in [-0.39, 0.29) is 0 Å². The second-order valence-electron chi connectivity index (χ2n) is 2.13. The zero-order valence-electron chi connectivity index (χ0n) is 6.24. The Morgan fingerprint density at radius 3 is 2.75 bits per heavy atom. The van der Waals surface area contributed by atoms with Crippen molar-refractivity contribution in [1.29, 1.82) is 0 Å². The number of benzene rings is 1. The summed E-state index contributed by atoms with van der Waals surface area (Å²) in [5.74, 6) is -1.15. The molecule has 65 valence electrons. The largest absolute Gasteiger partial charge is 0.379 e. The van der Waals surface area contributed by atoms with Gasteiger partial charge in [0, 0.05) is 6.07 Å². The van der Waals surface area contributed by atoms with E-state index in [2.05, 4.69) is 10.2 Å². The van der Waals surface area contributed by atoms with Crippen molar-refractivity contribution in [3.05, 3.63) is 30.1 Å². The SMILES string of the molecule is CS(=O)(=O)Oc1[c]cccc1F. The third-order valence-corrected chi connectivity index (χ3v) is 1.47. The van der Waals surface area contributed by atoms with Crippen LogP contribution in [-0.2, 0) is 10.1 Å². The molecule has 0 aliphatic rings. The quantitative estimate of drug-likeness (QED) is 0.651. The van der Waals surface area contributed by atoms with Crippen LogP contribution in [0, 0.1) is 11.9 Å². The van der Waals surface area contributed by atoms with Crippen molar-refractivity contribution in [2.45, 2.75) is 0 Å². The van der Waals surface area contributed by atoms with E-state index >= 15 is 0 Å². The lowest BCUT2D eigenvalue weighted by atomic mass is 10.3. The first kappa shape index (κ1) is 8.99. The lowest BCUT2D eigenvalue weighted by Gasteiger charge is -2.01. The number of para-hydroxylation sites is 1. The van der Waals surface area contributed by atoms with Crippen molar-refractivity contribution in [2.24, 2.45) is 0 Å². The van der Waals surface area contributed by atoms with Gasteiger partial charge in [-0.3, -0.25) is 0 Å². The van der Waals surface area contributed by atoms with Crippen LogP contribution in [0.15, 0.2) is 18.2 Å². The molecule has 5 heteroatoms. The van der Waals surface area contributed by atoms with E-state index in [0.29, 0.717) is 0 Å². The average molecular weight is 189 g/mol. The van der Waals surface area contributed by atoms with E-state index in [9.17, 15) is 12.8 Å². The zero-order chi connectivity index (χ0) is 9.19. The molecule has 1 radical (unpaired) electrons. The summed E-state index contributed by atoms with van der Waals surface area (Å²) in [6, 6.07) is 6.17. The summed E-state index contributed by atoms with van der Waals surface area (Å²) in [4.78, 5) is 0. The molecular weight excluding hydrogens is 183 g/mol. The molecule has 0 spiro atoms. The Hall–Kier alpha value is -1.10. The van der Waals surface area contributed by atoms with Crippen LogP contribution in [0.1, 0.15) is 0 Å². The van der Waals surface area contributed by atoms with Crippen molar-refractivity contribution < 1.29 is 17.0 Å². The molecule has 0 atom stereocenters. The van der Waals surface area contributed by atoms with Crippen LogP contribution in [0.3, 0.4) is 0 Å². The summed E-state index contributed by atoms with van der Waals surface area (Å²) >= 11 is 0. The Morgan fingerprint density at radius 2 is 2.25 bits per heavy atom. The third kappa shape index (κ3) is 2.50. The highest BCUT2D eigenvalue weighted by atomic mass is 32.2. The third-order valence-electron chi connectivity index (χ3n) is 1.00. The maximum absolute atomic E-state index is 12.7. The molecule has 0 unspecified atom stereocenters. The van der Waals surface area contributed by atoms with Gasteiger partial charge in [0.15, 0.2) is 11.6 Å². The minimum absolute atomic E-state index is 0.403. The van der Waals surface area contributed by atoms with Crippen molar-refractivity contribution in [3.8, 4) is 5.75 Å². The molecule has 0 amide bonds. The van der Waals surface area contributed by atoms with Gasteiger partial charge < -0.3 is 4.18 Å². The molecule has 0 aliphatic heterocycles. The normalized spacial score (nSPS) is 11.2. The maximum atomic E-state index is 12.7. The highest BCUT2D eigenvalue weighted by Crippen LogP contribution is 2.15. The Bertz CT molecular complexity index is 372. The number of hydrogen-bond acceptors (Lipinski definition) is 3. The Morgan fingerprint density at radius 1 is 1.58 bits per heavy atom. The second-order valence-corrected chi connectivity index (χ2v) is 3.71. The van der Waals surface area contributed by atoms with E-state index in [4.69, 9.17) is 0 Å².